The molecule has 0 amide bonds. The van der Waals surface area contributed by atoms with Gasteiger partial charge in [0.25, 0.3) is 0 Å². The maximum atomic E-state index is 11.0. The number of carboxylic acids is 1. The van der Waals surface area contributed by atoms with Crippen molar-refractivity contribution >= 4 is 17.9 Å². The average Bonchev–Trinajstić information content (AvgIpc) is 3.14. The zero-order chi connectivity index (χ0) is 18.4. The van der Waals surface area contributed by atoms with Crippen molar-refractivity contribution in [2.75, 3.05) is 0 Å². The highest BCUT2D eigenvalue weighted by Crippen LogP contribution is 2.17. The van der Waals surface area contributed by atoms with Crippen molar-refractivity contribution < 1.29 is 9.90 Å². The number of aromatic nitrogens is 1. The number of aromatic carboxylic acids is 1. The molecule has 26 heavy (non-hydrogen) atoms. The topological polar surface area (TPSA) is 54.6 Å². The molecule has 2 aromatic carbocycles. The molecule has 0 radical (unpaired) electrons. The molecule has 0 fully saturated rings. The highest BCUT2D eigenvalue weighted by Gasteiger charge is 2.05. The van der Waals surface area contributed by atoms with Gasteiger partial charge < -0.3 is 9.67 Å². The minimum atomic E-state index is -0.923. The Kier molecular flexibility index (Phi) is 5.64. The van der Waals surface area contributed by atoms with Gasteiger partial charge in [-0.2, -0.15) is 0 Å². The maximum absolute atomic E-state index is 11.0. The Morgan fingerprint density at radius 1 is 1.08 bits per heavy atom. The molecular formula is C22H22N2O2. The van der Waals surface area contributed by atoms with Gasteiger partial charge in [0.1, 0.15) is 0 Å². The zero-order valence-corrected chi connectivity index (χ0v) is 14.8. The lowest BCUT2D eigenvalue weighted by atomic mass is 10.1. The van der Waals surface area contributed by atoms with Crippen LogP contribution >= 0.6 is 0 Å². The number of hydrogen-bond acceptors (Lipinski definition) is 2. The predicted octanol–water partition coefficient (Wildman–Crippen LogP) is 5.27. The fourth-order valence-electron chi connectivity index (χ4n) is 2.77. The average molecular weight is 346 g/mol. The van der Waals surface area contributed by atoms with Crippen LogP contribution in [0.5, 0.6) is 0 Å². The van der Waals surface area contributed by atoms with E-state index in [1.54, 1.807) is 24.3 Å². The van der Waals surface area contributed by atoms with E-state index in [0.29, 0.717) is 0 Å². The molecule has 1 aromatic heterocycles. The molecule has 0 aliphatic heterocycles. The number of benzene rings is 2. The van der Waals surface area contributed by atoms with Crippen LogP contribution in [0.3, 0.4) is 0 Å². The van der Waals surface area contributed by atoms with Gasteiger partial charge in [-0.3, -0.25) is 4.99 Å². The van der Waals surface area contributed by atoms with E-state index >= 15 is 0 Å². The van der Waals surface area contributed by atoms with E-state index in [-0.39, 0.29) is 5.56 Å². The van der Waals surface area contributed by atoms with Gasteiger partial charge in [0.15, 0.2) is 0 Å². The van der Waals surface area contributed by atoms with Crippen LogP contribution < -0.4 is 0 Å². The van der Waals surface area contributed by atoms with Crippen LogP contribution in [0, 0.1) is 0 Å². The molecule has 0 saturated carbocycles. The summed E-state index contributed by atoms with van der Waals surface area (Å²) in [6, 6.07) is 19.1. The maximum Gasteiger partial charge on any atom is 0.335 e. The van der Waals surface area contributed by atoms with E-state index in [0.717, 1.165) is 23.5 Å². The molecule has 1 N–H and O–H groups in total. The molecule has 0 bridgehead atoms. The van der Waals surface area contributed by atoms with Gasteiger partial charge in [-0.25, -0.2) is 4.79 Å². The molecule has 4 nitrogen and oxygen atoms in total. The monoisotopic (exact) mass is 346 g/mol. The van der Waals surface area contributed by atoms with E-state index < -0.39 is 5.97 Å². The van der Waals surface area contributed by atoms with Gasteiger partial charge in [-0.15, -0.1) is 0 Å². The number of carbonyl (C=O) groups is 1. The first-order valence-corrected chi connectivity index (χ1v) is 8.81. The molecule has 0 aliphatic carbocycles. The van der Waals surface area contributed by atoms with Crippen molar-refractivity contribution in [3.63, 3.8) is 0 Å². The fraction of sp³-hybridized carbons (Fsp3) is 0.182. The third-order valence-corrected chi connectivity index (χ3v) is 4.27. The van der Waals surface area contributed by atoms with Gasteiger partial charge in [0.05, 0.1) is 23.2 Å². The van der Waals surface area contributed by atoms with Crippen LogP contribution in [0.4, 0.5) is 5.69 Å². The lowest BCUT2D eigenvalue weighted by Gasteiger charge is -2.06. The third kappa shape index (κ3) is 4.28. The summed E-state index contributed by atoms with van der Waals surface area (Å²) in [5.41, 5.74) is 4.37. The second-order valence-electron chi connectivity index (χ2n) is 6.18. The van der Waals surface area contributed by atoms with Gasteiger partial charge in [-0.1, -0.05) is 25.5 Å². The molecule has 0 atom stereocenters. The van der Waals surface area contributed by atoms with Crippen molar-refractivity contribution in [1.29, 1.82) is 0 Å². The Morgan fingerprint density at radius 3 is 2.46 bits per heavy atom. The molecule has 132 valence electrons. The van der Waals surface area contributed by atoms with E-state index in [1.165, 1.54) is 18.4 Å². The van der Waals surface area contributed by atoms with Crippen LogP contribution in [-0.4, -0.2) is 21.9 Å². The van der Waals surface area contributed by atoms with Crippen molar-refractivity contribution in [2.45, 2.75) is 26.2 Å². The van der Waals surface area contributed by atoms with Crippen LogP contribution in [0.1, 0.15) is 41.4 Å². The Bertz CT molecular complexity index is 891. The standard InChI is InChI=1S/C22H22N2O2/c1-2-3-5-17-7-11-19(12-8-17)23-16-21-6-4-15-24(21)20-13-9-18(10-14-20)22(25)26/h4,6-16H,2-3,5H2,1H3,(H,25,26). The molecule has 0 saturated heterocycles. The van der Waals surface area contributed by atoms with Crippen LogP contribution in [0.25, 0.3) is 5.69 Å². The van der Waals surface area contributed by atoms with Crippen molar-refractivity contribution in [2.24, 2.45) is 4.99 Å². The van der Waals surface area contributed by atoms with Gasteiger partial charge in [0, 0.05) is 11.9 Å². The quantitative estimate of drug-likeness (QED) is 0.593. The first-order chi connectivity index (χ1) is 12.7. The molecule has 0 aliphatic rings. The van der Waals surface area contributed by atoms with Gasteiger partial charge in [-0.05, 0) is 66.9 Å². The number of aliphatic imine (C=N–C) groups is 1. The molecule has 3 rings (SSSR count). The lowest BCUT2D eigenvalue weighted by Crippen LogP contribution is -2.00. The highest BCUT2D eigenvalue weighted by molar-refractivity contribution is 5.88. The van der Waals surface area contributed by atoms with Gasteiger partial charge in [0.2, 0.25) is 0 Å². The largest absolute Gasteiger partial charge is 0.478 e. The fourth-order valence-corrected chi connectivity index (χ4v) is 2.77. The Hall–Kier alpha value is -3.14. The minimum Gasteiger partial charge on any atom is -0.478 e. The minimum absolute atomic E-state index is 0.277. The van der Waals surface area contributed by atoms with E-state index in [4.69, 9.17) is 5.11 Å². The number of aryl methyl sites for hydroxylation is 1. The summed E-state index contributed by atoms with van der Waals surface area (Å²) in [5, 5.41) is 9.01. The first-order valence-electron chi connectivity index (χ1n) is 8.81. The molecule has 0 spiro atoms. The second kappa shape index (κ2) is 8.30. The van der Waals surface area contributed by atoms with E-state index in [1.807, 2.05) is 41.2 Å². The normalized spacial score (nSPS) is 11.1. The molecule has 0 unspecified atom stereocenters. The van der Waals surface area contributed by atoms with Gasteiger partial charge >= 0.3 is 5.97 Å². The number of carboxylic acid groups (broad SMARTS) is 1. The lowest BCUT2D eigenvalue weighted by molar-refractivity contribution is 0.0697. The van der Waals surface area contributed by atoms with Crippen LogP contribution in [0.2, 0.25) is 0 Å². The third-order valence-electron chi connectivity index (χ3n) is 4.27. The summed E-state index contributed by atoms with van der Waals surface area (Å²) in [5.74, 6) is -0.923. The Balaban J connectivity index is 1.76. The Morgan fingerprint density at radius 2 is 1.81 bits per heavy atom. The summed E-state index contributed by atoms with van der Waals surface area (Å²) in [4.78, 5) is 15.5. The number of rotatable bonds is 7. The summed E-state index contributed by atoms with van der Waals surface area (Å²) in [6.45, 7) is 2.20. The molecule has 1 heterocycles. The van der Waals surface area contributed by atoms with E-state index in [2.05, 4.69) is 24.0 Å². The zero-order valence-electron chi connectivity index (χ0n) is 14.8. The molecular weight excluding hydrogens is 324 g/mol. The molecule has 3 aromatic rings. The SMILES string of the molecule is CCCCc1ccc(N=Cc2cccn2-c2ccc(C(=O)O)cc2)cc1. The number of unbranched alkanes of at least 4 members (excludes halogenated alkanes) is 1. The summed E-state index contributed by atoms with van der Waals surface area (Å²) < 4.78 is 1.98. The number of nitrogens with zero attached hydrogens (tertiary/aromatic N) is 2. The first kappa shape index (κ1) is 17.7. The van der Waals surface area contributed by atoms with Crippen molar-refractivity contribution in [3.8, 4) is 5.69 Å². The highest BCUT2D eigenvalue weighted by atomic mass is 16.4. The summed E-state index contributed by atoms with van der Waals surface area (Å²) in [7, 11) is 0. The van der Waals surface area contributed by atoms with Crippen molar-refractivity contribution in [1.82, 2.24) is 4.57 Å². The van der Waals surface area contributed by atoms with Crippen molar-refractivity contribution in [3.05, 3.63) is 83.7 Å². The summed E-state index contributed by atoms with van der Waals surface area (Å²) >= 11 is 0. The van der Waals surface area contributed by atoms with Crippen LogP contribution in [-0.2, 0) is 6.42 Å². The Labute approximate surface area is 153 Å². The summed E-state index contributed by atoms with van der Waals surface area (Å²) in [6.07, 6.45) is 7.27. The van der Waals surface area contributed by atoms with Crippen LogP contribution in [0.15, 0.2) is 71.9 Å². The number of hydrogen-bond donors (Lipinski definition) is 1. The predicted molar refractivity (Wildman–Crippen MR) is 105 cm³/mol. The van der Waals surface area contributed by atoms with E-state index in [9.17, 15) is 4.79 Å². The molecule has 4 heteroatoms. The second-order valence-corrected chi connectivity index (χ2v) is 6.18. The smallest absolute Gasteiger partial charge is 0.335 e.